The molecular weight excluding hydrogens is 140 g/mol. The Balaban J connectivity index is 2.74. The van der Waals surface area contributed by atoms with E-state index in [0.717, 1.165) is 6.42 Å². The van der Waals surface area contributed by atoms with Crippen molar-refractivity contribution in [3.63, 3.8) is 0 Å². The maximum absolute atomic E-state index is 9.52. The zero-order chi connectivity index (χ0) is 8.65. The molecule has 1 saturated carbocycles. The lowest BCUT2D eigenvalue weighted by atomic mass is 9.76. The molecule has 0 aromatic heterocycles. The lowest BCUT2D eigenvalue weighted by Gasteiger charge is -2.29. The van der Waals surface area contributed by atoms with Gasteiger partial charge in [-0.2, -0.15) is 0 Å². The van der Waals surface area contributed by atoms with Crippen molar-refractivity contribution in [1.82, 2.24) is 0 Å². The Morgan fingerprint density at radius 1 is 1.45 bits per heavy atom. The van der Waals surface area contributed by atoms with E-state index in [4.69, 9.17) is 5.11 Å². The summed E-state index contributed by atoms with van der Waals surface area (Å²) in [5.41, 5.74) is 0.0914. The fraction of sp³-hybridized carbons (Fsp3) is 1.00. The van der Waals surface area contributed by atoms with Gasteiger partial charge in [-0.15, -0.1) is 0 Å². The van der Waals surface area contributed by atoms with Crippen molar-refractivity contribution in [1.29, 1.82) is 0 Å². The van der Waals surface area contributed by atoms with Crippen LogP contribution in [0.5, 0.6) is 0 Å². The predicted molar refractivity (Wildman–Crippen MR) is 44.1 cm³/mol. The number of rotatable bonds is 1. The molecule has 3 atom stereocenters. The molecule has 3 unspecified atom stereocenters. The topological polar surface area (TPSA) is 40.5 Å². The summed E-state index contributed by atoms with van der Waals surface area (Å²) in [4.78, 5) is 0. The van der Waals surface area contributed by atoms with Crippen LogP contribution in [0.25, 0.3) is 0 Å². The third-order valence-electron chi connectivity index (χ3n) is 3.55. The molecule has 0 radical (unpaired) electrons. The average Bonchev–Trinajstić information content (AvgIpc) is 2.13. The molecule has 1 aliphatic rings. The largest absolute Gasteiger partial charge is 0.396 e. The fourth-order valence-corrected chi connectivity index (χ4v) is 1.98. The normalized spacial score (nSPS) is 42.8. The van der Waals surface area contributed by atoms with Gasteiger partial charge in [0.15, 0.2) is 0 Å². The lowest BCUT2D eigenvalue weighted by molar-refractivity contribution is 0.0916. The highest BCUT2D eigenvalue weighted by Crippen LogP contribution is 2.46. The van der Waals surface area contributed by atoms with Gasteiger partial charge >= 0.3 is 0 Å². The summed E-state index contributed by atoms with van der Waals surface area (Å²) in [5, 5.41) is 18.5. The van der Waals surface area contributed by atoms with E-state index in [1.807, 2.05) is 0 Å². The van der Waals surface area contributed by atoms with E-state index in [9.17, 15) is 5.11 Å². The van der Waals surface area contributed by atoms with Crippen molar-refractivity contribution in [3.05, 3.63) is 0 Å². The Hall–Kier alpha value is -0.0800. The SMILES string of the molecule is CC1C(O)CC(CO)C1(C)C. The van der Waals surface area contributed by atoms with Gasteiger partial charge in [-0.1, -0.05) is 20.8 Å². The fourth-order valence-electron chi connectivity index (χ4n) is 1.98. The molecule has 1 rings (SSSR count). The van der Waals surface area contributed by atoms with Crippen molar-refractivity contribution < 1.29 is 10.2 Å². The summed E-state index contributed by atoms with van der Waals surface area (Å²) in [6.07, 6.45) is 0.534. The molecule has 66 valence electrons. The Bertz CT molecular complexity index is 142. The Morgan fingerprint density at radius 3 is 2.18 bits per heavy atom. The highest BCUT2D eigenvalue weighted by atomic mass is 16.3. The number of hydrogen-bond donors (Lipinski definition) is 2. The molecule has 2 nitrogen and oxygen atoms in total. The summed E-state index contributed by atoms with van der Waals surface area (Å²) in [7, 11) is 0. The monoisotopic (exact) mass is 158 g/mol. The van der Waals surface area contributed by atoms with Gasteiger partial charge in [-0.25, -0.2) is 0 Å². The second kappa shape index (κ2) is 2.76. The first-order valence-corrected chi connectivity index (χ1v) is 4.29. The van der Waals surface area contributed by atoms with Crippen LogP contribution in [0.4, 0.5) is 0 Å². The molecule has 0 amide bonds. The van der Waals surface area contributed by atoms with Crippen molar-refractivity contribution in [3.8, 4) is 0 Å². The zero-order valence-corrected chi connectivity index (χ0v) is 7.54. The van der Waals surface area contributed by atoms with Crippen LogP contribution < -0.4 is 0 Å². The van der Waals surface area contributed by atoms with E-state index in [0.29, 0.717) is 5.92 Å². The zero-order valence-electron chi connectivity index (χ0n) is 7.54. The molecule has 2 N–H and O–H groups in total. The molecular formula is C9H18O2. The Labute approximate surface area is 68.2 Å². The van der Waals surface area contributed by atoms with Gasteiger partial charge < -0.3 is 10.2 Å². The molecule has 2 heteroatoms. The molecule has 0 heterocycles. The maximum atomic E-state index is 9.52. The third-order valence-corrected chi connectivity index (χ3v) is 3.55. The summed E-state index contributed by atoms with van der Waals surface area (Å²) in [6, 6.07) is 0. The summed E-state index contributed by atoms with van der Waals surface area (Å²) in [6.45, 7) is 6.50. The molecule has 0 aromatic carbocycles. The van der Waals surface area contributed by atoms with E-state index >= 15 is 0 Å². The van der Waals surface area contributed by atoms with E-state index in [1.165, 1.54) is 0 Å². The van der Waals surface area contributed by atoms with Crippen molar-refractivity contribution >= 4 is 0 Å². The van der Waals surface area contributed by atoms with Crippen LogP contribution in [0.2, 0.25) is 0 Å². The standard InChI is InChI=1S/C9H18O2/c1-6-8(11)4-7(5-10)9(6,2)3/h6-8,10-11H,4-5H2,1-3H3. The first-order chi connectivity index (χ1) is 5.00. The van der Waals surface area contributed by atoms with Crippen molar-refractivity contribution in [2.24, 2.45) is 17.3 Å². The first kappa shape index (κ1) is 9.01. The summed E-state index contributed by atoms with van der Waals surface area (Å²) in [5.74, 6) is 0.576. The molecule has 1 aliphatic carbocycles. The lowest BCUT2D eigenvalue weighted by Crippen LogP contribution is -2.27. The van der Waals surface area contributed by atoms with Crippen LogP contribution in [0.15, 0.2) is 0 Å². The second-order valence-electron chi connectivity index (χ2n) is 4.29. The second-order valence-corrected chi connectivity index (χ2v) is 4.29. The quantitative estimate of drug-likeness (QED) is 0.598. The molecule has 1 fully saturated rings. The molecule has 11 heavy (non-hydrogen) atoms. The molecule has 0 saturated heterocycles. The van der Waals surface area contributed by atoms with Crippen molar-refractivity contribution in [2.75, 3.05) is 6.61 Å². The predicted octanol–water partition coefficient (Wildman–Crippen LogP) is 1.02. The van der Waals surface area contributed by atoms with E-state index in [-0.39, 0.29) is 24.0 Å². The number of aliphatic hydroxyl groups excluding tert-OH is 2. The highest BCUT2D eigenvalue weighted by molar-refractivity contribution is 4.94. The van der Waals surface area contributed by atoms with Crippen molar-refractivity contribution in [2.45, 2.75) is 33.3 Å². The van der Waals surface area contributed by atoms with Gasteiger partial charge in [0.1, 0.15) is 0 Å². The molecule has 0 aliphatic heterocycles. The number of aliphatic hydroxyl groups is 2. The van der Waals surface area contributed by atoms with Gasteiger partial charge in [0.25, 0.3) is 0 Å². The summed E-state index contributed by atoms with van der Waals surface area (Å²) < 4.78 is 0. The van der Waals surface area contributed by atoms with Gasteiger partial charge in [-0.3, -0.25) is 0 Å². The van der Waals surface area contributed by atoms with Gasteiger partial charge in [0, 0.05) is 6.61 Å². The van der Waals surface area contributed by atoms with E-state index in [2.05, 4.69) is 20.8 Å². The first-order valence-electron chi connectivity index (χ1n) is 4.29. The Kier molecular flexibility index (Phi) is 2.26. The van der Waals surface area contributed by atoms with Gasteiger partial charge in [0.05, 0.1) is 6.10 Å². The molecule has 0 bridgehead atoms. The molecule has 0 spiro atoms. The minimum absolute atomic E-state index is 0.0914. The smallest absolute Gasteiger partial charge is 0.0574 e. The van der Waals surface area contributed by atoms with E-state index in [1.54, 1.807) is 0 Å². The van der Waals surface area contributed by atoms with Crippen LogP contribution in [-0.2, 0) is 0 Å². The number of hydrogen-bond acceptors (Lipinski definition) is 2. The van der Waals surface area contributed by atoms with Gasteiger partial charge in [-0.05, 0) is 23.7 Å². The van der Waals surface area contributed by atoms with Crippen LogP contribution in [0.3, 0.4) is 0 Å². The third kappa shape index (κ3) is 1.30. The average molecular weight is 158 g/mol. The van der Waals surface area contributed by atoms with Crippen LogP contribution in [-0.4, -0.2) is 22.9 Å². The highest BCUT2D eigenvalue weighted by Gasteiger charge is 2.45. The maximum Gasteiger partial charge on any atom is 0.0574 e. The van der Waals surface area contributed by atoms with Crippen LogP contribution >= 0.6 is 0 Å². The Morgan fingerprint density at radius 2 is 2.00 bits per heavy atom. The minimum atomic E-state index is -0.220. The van der Waals surface area contributed by atoms with Gasteiger partial charge in [0.2, 0.25) is 0 Å². The molecule has 0 aromatic rings. The summed E-state index contributed by atoms with van der Waals surface area (Å²) >= 11 is 0. The minimum Gasteiger partial charge on any atom is -0.396 e. The van der Waals surface area contributed by atoms with Crippen LogP contribution in [0, 0.1) is 17.3 Å². The van der Waals surface area contributed by atoms with Crippen LogP contribution in [0.1, 0.15) is 27.2 Å². The van der Waals surface area contributed by atoms with E-state index < -0.39 is 0 Å².